The largest absolute Gasteiger partial charge is 0.311 e. The average molecular weight is 171 g/mol. The van der Waals surface area contributed by atoms with Crippen LogP contribution in [0, 0.1) is 0 Å². The summed E-state index contributed by atoms with van der Waals surface area (Å²) in [5.41, 5.74) is 0. The summed E-state index contributed by atoms with van der Waals surface area (Å²) in [6, 6.07) is -0.0793. The first-order valence-electron chi connectivity index (χ1n) is 4.25. The maximum Gasteiger partial charge on any atom is 0.146 e. The van der Waals surface area contributed by atoms with Gasteiger partial charge in [-0.05, 0) is 33.7 Å². The van der Waals surface area contributed by atoms with E-state index in [0.717, 1.165) is 12.8 Å². The van der Waals surface area contributed by atoms with E-state index >= 15 is 0 Å². The lowest BCUT2D eigenvalue weighted by Crippen LogP contribution is -2.32. The standard InChI is InChI=1S/C9H17NO2/c1-7(11)5-4-6-9(10-3)8(2)12/h9-10H,4-6H2,1-3H3/t9-/m1/s1. The van der Waals surface area contributed by atoms with E-state index in [9.17, 15) is 9.59 Å². The number of rotatable bonds is 6. The molecule has 12 heavy (non-hydrogen) atoms. The fraction of sp³-hybridized carbons (Fsp3) is 0.778. The van der Waals surface area contributed by atoms with Crippen molar-refractivity contribution in [3.8, 4) is 0 Å². The van der Waals surface area contributed by atoms with Crippen molar-refractivity contribution in [1.29, 1.82) is 0 Å². The zero-order chi connectivity index (χ0) is 9.56. The molecule has 3 nitrogen and oxygen atoms in total. The van der Waals surface area contributed by atoms with Crippen molar-refractivity contribution in [2.75, 3.05) is 7.05 Å². The molecule has 0 saturated carbocycles. The molecule has 0 rings (SSSR count). The fourth-order valence-corrected chi connectivity index (χ4v) is 1.11. The smallest absolute Gasteiger partial charge is 0.146 e. The number of carbonyl (C=O) groups is 2. The van der Waals surface area contributed by atoms with Gasteiger partial charge in [0, 0.05) is 6.42 Å². The molecule has 70 valence electrons. The Bertz CT molecular complexity index is 166. The Balaban J connectivity index is 3.59. The molecule has 0 unspecified atom stereocenters. The average Bonchev–Trinajstić information content (AvgIpc) is 1.96. The second kappa shape index (κ2) is 5.89. The Morgan fingerprint density at radius 1 is 1.33 bits per heavy atom. The van der Waals surface area contributed by atoms with Crippen LogP contribution in [0.1, 0.15) is 33.1 Å². The third-order valence-electron chi connectivity index (χ3n) is 1.86. The molecular formula is C9H17NO2. The molecule has 1 atom stereocenters. The topological polar surface area (TPSA) is 46.2 Å². The monoisotopic (exact) mass is 171 g/mol. The van der Waals surface area contributed by atoms with Gasteiger partial charge in [0.05, 0.1) is 6.04 Å². The van der Waals surface area contributed by atoms with Gasteiger partial charge in [0.15, 0.2) is 0 Å². The van der Waals surface area contributed by atoms with E-state index in [2.05, 4.69) is 5.32 Å². The van der Waals surface area contributed by atoms with Gasteiger partial charge in [0.25, 0.3) is 0 Å². The molecule has 0 aliphatic heterocycles. The van der Waals surface area contributed by atoms with Gasteiger partial charge >= 0.3 is 0 Å². The van der Waals surface area contributed by atoms with Crippen molar-refractivity contribution >= 4 is 11.6 Å². The highest BCUT2D eigenvalue weighted by atomic mass is 16.1. The second-order valence-corrected chi connectivity index (χ2v) is 3.05. The first kappa shape index (κ1) is 11.3. The second-order valence-electron chi connectivity index (χ2n) is 3.05. The summed E-state index contributed by atoms with van der Waals surface area (Å²) in [4.78, 5) is 21.5. The minimum absolute atomic E-state index is 0.0793. The zero-order valence-electron chi connectivity index (χ0n) is 8.02. The predicted octanol–water partition coefficient (Wildman–Crippen LogP) is 0.923. The van der Waals surface area contributed by atoms with Crippen molar-refractivity contribution in [2.45, 2.75) is 39.2 Å². The first-order chi connectivity index (χ1) is 5.57. The fourth-order valence-electron chi connectivity index (χ4n) is 1.11. The van der Waals surface area contributed by atoms with E-state index < -0.39 is 0 Å². The van der Waals surface area contributed by atoms with E-state index in [4.69, 9.17) is 0 Å². The van der Waals surface area contributed by atoms with Crippen LogP contribution >= 0.6 is 0 Å². The van der Waals surface area contributed by atoms with Crippen LogP contribution < -0.4 is 5.32 Å². The number of hydrogen-bond donors (Lipinski definition) is 1. The van der Waals surface area contributed by atoms with Crippen LogP contribution in [0.5, 0.6) is 0 Å². The molecule has 0 radical (unpaired) electrons. The van der Waals surface area contributed by atoms with Crippen LogP contribution in [0.2, 0.25) is 0 Å². The normalized spacial score (nSPS) is 12.6. The number of carbonyl (C=O) groups excluding carboxylic acids is 2. The van der Waals surface area contributed by atoms with E-state index in [1.165, 1.54) is 0 Å². The maximum absolute atomic E-state index is 10.9. The van der Waals surface area contributed by atoms with Crippen LogP contribution in [0.25, 0.3) is 0 Å². The van der Waals surface area contributed by atoms with Gasteiger partial charge in [-0.1, -0.05) is 0 Å². The highest BCUT2D eigenvalue weighted by molar-refractivity contribution is 5.81. The van der Waals surface area contributed by atoms with E-state index in [1.54, 1.807) is 20.9 Å². The molecule has 0 aromatic rings. The van der Waals surface area contributed by atoms with Crippen LogP contribution in [0.3, 0.4) is 0 Å². The molecule has 0 aliphatic carbocycles. The summed E-state index contributed by atoms with van der Waals surface area (Å²) in [7, 11) is 1.76. The van der Waals surface area contributed by atoms with Gasteiger partial charge in [0.1, 0.15) is 11.6 Å². The summed E-state index contributed by atoms with van der Waals surface area (Å²) >= 11 is 0. The highest BCUT2D eigenvalue weighted by Gasteiger charge is 2.10. The third-order valence-corrected chi connectivity index (χ3v) is 1.86. The van der Waals surface area contributed by atoms with E-state index in [0.29, 0.717) is 6.42 Å². The first-order valence-corrected chi connectivity index (χ1v) is 4.25. The summed E-state index contributed by atoms with van der Waals surface area (Å²) in [6.45, 7) is 3.14. The molecule has 0 spiro atoms. The van der Waals surface area contributed by atoms with Crippen LogP contribution in [0.15, 0.2) is 0 Å². The van der Waals surface area contributed by atoms with Gasteiger partial charge in [-0.15, -0.1) is 0 Å². The van der Waals surface area contributed by atoms with Crippen molar-refractivity contribution in [1.82, 2.24) is 5.32 Å². The Morgan fingerprint density at radius 3 is 2.25 bits per heavy atom. The molecule has 1 N–H and O–H groups in total. The molecule has 0 aromatic heterocycles. The molecule has 0 fully saturated rings. The lowest BCUT2D eigenvalue weighted by atomic mass is 10.1. The van der Waals surface area contributed by atoms with Gasteiger partial charge in [-0.2, -0.15) is 0 Å². The summed E-state index contributed by atoms with van der Waals surface area (Å²) < 4.78 is 0. The lowest BCUT2D eigenvalue weighted by Gasteiger charge is -2.10. The Kier molecular flexibility index (Phi) is 5.54. The molecular weight excluding hydrogens is 154 g/mol. The molecule has 3 heteroatoms. The summed E-state index contributed by atoms with van der Waals surface area (Å²) in [5.74, 6) is 0.328. The minimum Gasteiger partial charge on any atom is -0.311 e. The quantitative estimate of drug-likeness (QED) is 0.646. The Labute approximate surface area is 73.5 Å². The van der Waals surface area contributed by atoms with Gasteiger partial charge < -0.3 is 10.1 Å². The van der Waals surface area contributed by atoms with Gasteiger partial charge in [0.2, 0.25) is 0 Å². The predicted molar refractivity (Wildman–Crippen MR) is 48.1 cm³/mol. The number of likely N-dealkylation sites (N-methyl/N-ethyl adjacent to an activating group) is 1. The summed E-state index contributed by atoms with van der Waals surface area (Å²) in [5, 5.41) is 2.91. The van der Waals surface area contributed by atoms with E-state index in [1.807, 2.05) is 0 Å². The van der Waals surface area contributed by atoms with E-state index in [-0.39, 0.29) is 17.6 Å². The maximum atomic E-state index is 10.9. The molecule has 0 aromatic carbocycles. The van der Waals surface area contributed by atoms with Crippen LogP contribution in [0.4, 0.5) is 0 Å². The number of nitrogens with one attached hydrogen (secondary N) is 1. The minimum atomic E-state index is -0.0793. The van der Waals surface area contributed by atoms with Gasteiger partial charge in [-0.3, -0.25) is 4.79 Å². The van der Waals surface area contributed by atoms with Gasteiger partial charge in [-0.25, -0.2) is 0 Å². The molecule has 0 amide bonds. The Hall–Kier alpha value is -0.700. The number of Topliss-reactive ketones (excluding diaryl/α,β-unsaturated/α-hetero) is 2. The highest BCUT2D eigenvalue weighted by Crippen LogP contribution is 2.01. The zero-order valence-corrected chi connectivity index (χ0v) is 8.02. The molecule has 0 heterocycles. The van der Waals surface area contributed by atoms with Crippen LogP contribution in [-0.4, -0.2) is 24.7 Å². The van der Waals surface area contributed by atoms with Crippen molar-refractivity contribution in [3.05, 3.63) is 0 Å². The molecule has 0 saturated heterocycles. The number of ketones is 2. The van der Waals surface area contributed by atoms with Crippen molar-refractivity contribution in [3.63, 3.8) is 0 Å². The van der Waals surface area contributed by atoms with Crippen molar-refractivity contribution in [2.24, 2.45) is 0 Å². The molecule has 0 bridgehead atoms. The SMILES string of the molecule is CN[C@H](CCCC(C)=O)C(C)=O. The summed E-state index contributed by atoms with van der Waals surface area (Å²) in [6.07, 6.45) is 2.12. The Morgan fingerprint density at radius 2 is 1.92 bits per heavy atom. The van der Waals surface area contributed by atoms with Crippen LogP contribution in [-0.2, 0) is 9.59 Å². The van der Waals surface area contributed by atoms with Crippen molar-refractivity contribution < 1.29 is 9.59 Å². The lowest BCUT2D eigenvalue weighted by molar-refractivity contribution is -0.120. The number of hydrogen-bond acceptors (Lipinski definition) is 3. The third kappa shape index (κ3) is 5.02. The molecule has 0 aliphatic rings.